The predicted molar refractivity (Wildman–Crippen MR) is 45.0 cm³/mol. The lowest BCUT2D eigenvalue weighted by molar-refractivity contribution is 0.0532. The summed E-state index contributed by atoms with van der Waals surface area (Å²) < 4.78 is 8.22. The number of rotatable bonds is 3. The van der Waals surface area contributed by atoms with Crippen LogP contribution in [0.25, 0.3) is 0 Å². The van der Waals surface area contributed by atoms with Crippen LogP contribution in [0.3, 0.4) is 0 Å². The third-order valence-corrected chi connectivity index (χ3v) is 1.98. The fourth-order valence-electron chi connectivity index (χ4n) is 0.674. The summed E-state index contributed by atoms with van der Waals surface area (Å²) in [5.74, 6) is -1.68. The van der Waals surface area contributed by atoms with E-state index in [1.807, 2.05) is 0 Å². The summed E-state index contributed by atoms with van der Waals surface area (Å²) >= 11 is 0.821. The zero-order chi connectivity index (χ0) is 9.84. The fraction of sp³-hybridized carbons (Fsp3) is 0.286. The Hall–Kier alpha value is -1.43. The van der Waals surface area contributed by atoms with Crippen LogP contribution in [0.4, 0.5) is 0 Å². The number of nitrogens with zero attached hydrogens (tertiary/aromatic N) is 1. The quantitative estimate of drug-likeness (QED) is 0.739. The van der Waals surface area contributed by atoms with Gasteiger partial charge in [0, 0.05) is 0 Å². The van der Waals surface area contributed by atoms with Gasteiger partial charge in [0.25, 0.3) is 0 Å². The van der Waals surface area contributed by atoms with Gasteiger partial charge in [-0.05, 0) is 24.5 Å². The third-order valence-electron chi connectivity index (χ3n) is 1.21. The SMILES string of the molecule is CCOC(=O)c1cc(C(=O)O)ns1. The van der Waals surface area contributed by atoms with Crippen molar-refractivity contribution in [1.29, 1.82) is 0 Å². The van der Waals surface area contributed by atoms with E-state index in [0.29, 0.717) is 0 Å². The molecule has 0 aliphatic rings. The van der Waals surface area contributed by atoms with Gasteiger partial charge >= 0.3 is 11.9 Å². The Kier molecular flexibility index (Phi) is 2.97. The van der Waals surface area contributed by atoms with Crippen molar-refractivity contribution < 1.29 is 19.4 Å². The molecule has 0 fully saturated rings. The Morgan fingerprint density at radius 1 is 1.69 bits per heavy atom. The first-order valence-electron chi connectivity index (χ1n) is 3.52. The van der Waals surface area contributed by atoms with Crippen LogP contribution >= 0.6 is 11.5 Å². The van der Waals surface area contributed by atoms with Crippen LogP contribution in [0, 0.1) is 0 Å². The zero-order valence-corrected chi connectivity index (χ0v) is 7.63. The van der Waals surface area contributed by atoms with Crippen molar-refractivity contribution in [1.82, 2.24) is 4.37 Å². The molecule has 0 atom stereocenters. The standard InChI is InChI=1S/C7H7NO4S/c1-2-12-7(11)5-3-4(6(9)10)8-13-5/h3H,2H2,1H3,(H,9,10). The summed E-state index contributed by atoms with van der Waals surface area (Å²) in [7, 11) is 0. The monoisotopic (exact) mass is 201 g/mol. The van der Waals surface area contributed by atoms with Crippen LogP contribution < -0.4 is 0 Å². The second-order valence-electron chi connectivity index (χ2n) is 2.10. The Balaban J connectivity index is 2.79. The highest BCUT2D eigenvalue weighted by Gasteiger charge is 2.14. The van der Waals surface area contributed by atoms with Crippen molar-refractivity contribution in [3.8, 4) is 0 Å². The molecule has 1 aromatic heterocycles. The molecule has 13 heavy (non-hydrogen) atoms. The highest BCUT2D eigenvalue weighted by molar-refractivity contribution is 7.08. The van der Waals surface area contributed by atoms with Crippen LogP contribution in [0.15, 0.2) is 6.07 Å². The number of ether oxygens (including phenoxy) is 1. The summed E-state index contributed by atoms with van der Waals surface area (Å²) in [6.07, 6.45) is 0. The first-order valence-corrected chi connectivity index (χ1v) is 4.29. The molecule has 0 aromatic carbocycles. The van der Waals surface area contributed by atoms with E-state index in [2.05, 4.69) is 9.11 Å². The van der Waals surface area contributed by atoms with Crippen LogP contribution in [0.1, 0.15) is 27.1 Å². The number of aromatic nitrogens is 1. The van der Waals surface area contributed by atoms with Crippen LogP contribution in [0.2, 0.25) is 0 Å². The Morgan fingerprint density at radius 2 is 2.38 bits per heavy atom. The molecule has 0 aliphatic heterocycles. The van der Waals surface area contributed by atoms with Gasteiger partial charge in [0.2, 0.25) is 0 Å². The van der Waals surface area contributed by atoms with Crippen molar-refractivity contribution in [2.75, 3.05) is 6.61 Å². The molecular weight excluding hydrogens is 194 g/mol. The Labute approximate surface area is 78.1 Å². The van der Waals surface area contributed by atoms with E-state index in [9.17, 15) is 9.59 Å². The van der Waals surface area contributed by atoms with Crippen molar-refractivity contribution >= 4 is 23.5 Å². The van der Waals surface area contributed by atoms with E-state index in [1.165, 1.54) is 6.07 Å². The summed E-state index contributed by atoms with van der Waals surface area (Å²) in [6.45, 7) is 1.94. The number of hydrogen-bond acceptors (Lipinski definition) is 5. The van der Waals surface area contributed by atoms with Gasteiger partial charge in [-0.2, -0.15) is 4.37 Å². The maximum absolute atomic E-state index is 11.0. The van der Waals surface area contributed by atoms with E-state index < -0.39 is 11.9 Å². The average molecular weight is 201 g/mol. The summed E-state index contributed by atoms with van der Waals surface area (Å²) in [6, 6.07) is 1.20. The topological polar surface area (TPSA) is 76.5 Å². The molecule has 1 heterocycles. The number of aromatic carboxylic acids is 1. The van der Waals surface area contributed by atoms with Gasteiger partial charge in [-0.25, -0.2) is 9.59 Å². The van der Waals surface area contributed by atoms with E-state index in [0.717, 1.165) is 11.5 Å². The maximum Gasteiger partial charge on any atom is 0.355 e. The van der Waals surface area contributed by atoms with Crippen molar-refractivity contribution in [2.45, 2.75) is 6.92 Å². The average Bonchev–Trinajstić information content (AvgIpc) is 2.52. The molecule has 1 aromatic rings. The molecule has 6 heteroatoms. The molecule has 5 nitrogen and oxygen atoms in total. The minimum Gasteiger partial charge on any atom is -0.476 e. The van der Waals surface area contributed by atoms with Crippen LogP contribution in [-0.2, 0) is 4.74 Å². The van der Waals surface area contributed by atoms with Gasteiger partial charge in [-0.15, -0.1) is 0 Å². The molecular formula is C7H7NO4S. The van der Waals surface area contributed by atoms with Crippen molar-refractivity contribution in [2.24, 2.45) is 0 Å². The van der Waals surface area contributed by atoms with E-state index in [-0.39, 0.29) is 17.2 Å². The summed E-state index contributed by atoms with van der Waals surface area (Å²) in [4.78, 5) is 21.6. The smallest absolute Gasteiger partial charge is 0.355 e. The van der Waals surface area contributed by atoms with Gasteiger partial charge < -0.3 is 9.84 Å². The second-order valence-corrected chi connectivity index (χ2v) is 2.91. The molecule has 0 saturated carbocycles. The van der Waals surface area contributed by atoms with Gasteiger partial charge in [-0.1, -0.05) is 0 Å². The van der Waals surface area contributed by atoms with Crippen molar-refractivity contribution in [3.05, 3.63) is 16.6 Å². The fourth-order valence-corrected chi connectivity index (χ4v) is 1.30. The normalized spacial score (nSPS) is 9.62. The summed E-state index contributed by atoms with van der Waals surface area (Å²) in [5.41, 5.74) is -0.131. The largest absolute Gasteiger partial charge is 0.476 e. The van der Waals surface area contributed by atoms with Gasteiger partial charge in [0.1, 0.15) is 4.88 Å². The van der Waals surface area contributed by atoms with Crippen molar-refractivity contribution in [3.63, 3.8) is 0 Å². The number of carboxylic acid groups (broad SMARTS) is 1. The molecule has 1 N–H and O–H groups in total. The molecule has 1 rings (SSSR count). The highest BCUT2D eigenvalue weighted by atomic mass is 32.1. The number of carboxylic acids is 1. The number of carbonyl (C=O) groups is 2. The minimum atomic E-state index is -1.15. The molecule has 0 unspecified atom stereocenters. The first kappa shape index (κ1) is 9.66. The highest BCUT2D eigenvalue weighted by Crippen LogP contribution is 2.11. The number of esters is 1. The lowest BCUT2D eigenvalue weighted by atomic mass is 10.4. The Morgan fingerprint density at radius 3 is 2.85 bits per heavy atom. The minimum absolute atomic E-state index is 0.131. The van der Waals surface area contributed by atoms with Gasteiger partial charge in [0.15, 0.2) is 5.69 Å². The summed E-state index contributed by atoms with van der Waals surface area (Å²) in [5, 5.41) is 8.50. The van der Waals surface area contributed by atoms with Crippen LogP contribution in [0.5, 0.6) is 0 Å². The van der Waals surface area contributed by atoms with E-state index in [4.69, 9.17) is 5.11 Å². The maximum atomic E-state index is 11.0. The predicted octanol–water partition coefficient (Wildman–Crippen LogP) is 1.02. The molecule has 0 spiro atoms. The number of hydrogen-bond donors (Lipinski definition) is 1. The van der Waals surface area contributed by atoms with E-state index in [1.54, 1.807) is 6.92 Å². The molecule has 0 bridgehead atoms. The molecule has 0 radical (unpaired) electrons. The Bertz CT molecular complexity index is 333. The van der Waals surface area contributed by atoms with E-state index >= 15 is 0 Å². The van der Waals surface area contributed by atoms with Crippen LogP contribution in [-0.4, -0.2) is 28.0 Å². The zero-order valence-electron chi connectivity index (χ0n) is 6.81. The molecule has 0 saturated heterocycles. The molecule has 0 amide bonds. The lowest BCUT2D eigenvalue weighted by Gasteiger charge is -1.95. The third kappa shape index (κ3) is 2.25. The van der Waals surface area contributed by atoms with Gasteiger partial charge in [0.05, 0.1) is 6.61 Å². The molecule has 0 aliphatic carbocycles. The lowest BCUT2D eigenvalue weighted by Crippen LogP contribution is -2.02. The second kappa shape index (κ2) is 3.99. The first-order chi connectivity index (χ1) is 6.15. The van der Waals surface area contributed by atoms with Gasteiger partial charge in [-0.3, -0.25) is 0 Å². The molecule has 70 valence electrons. The number of carbonyl (C=O) groups excluding carboxylic acids is 1.